The van der Waals surface area contributed by atoms with Crippen molar-refractivity contribution in [2.24, 2.45) is 4.99 Å². The Morgan fingerprint density at radius 2 is 2.00 bits per heavy atom. The van der Waals surface area contributed by atoms with Gasteiger partial charge in [-0.3, -0.25) is 4.99 Å². The third kappa shape index (κ3) is 6.25. The molecule has 142 valence electrons. The topological polar surface area (TPSA) is 83.0 Å². The molecule has 1 saturated heterocycles. The Bertz CT molecular complexity index is 677. The van der Waals surface area contributed by atoms with E-state index in [1.165, 1.54) is 14.1 Å². The van der Waals surface area contributed by atoms with E-state index < -0.39 is 10.0 Å². The van der Waals surface area contributed by atoms with Gasteiger partial charge < -0.3 is 15.4 Å². The fourth-order valence-corrected chi connectivity index (χ4v) is 5.08. The first-order chi connectivity index (χ1) is 11.8. The van der Waals surface area contributed by atoms with E-state index in [0.29, 0.717) is 32.1 Å². The van der Waals surface area contributed by atoms with Crippen LogP contribution in [0.1, 0.15) is 23.6 Å². The maximum Gasteiger partial charge on any atom is 0.216 e. The van der Waals surface area contributed by atoms with Crippen LogP contribution in [0.4, 0.5) is 0 Å². The van der Waals surface area contributed by atoms with Crippen molar-refractivity contribution in [3.8, 4) is 0 Å². The van der Waals surface area contributed by atoms with Gasteiger partial charge in [0.25, 0.3) is 0 Å². The third-order valence-electron chi connectivity index (χ3n) is 3.88. The number of nitrogens with zero attached hydrogens (tertiary/aromatic N) is 2. The zero-order valence-electron chi connectivity index (χ0n) is 15.3. The summed E-state index contributed by atoms with van der Waals surface area (Å²) in [5.74, 6) is 0.635. The van der Waals surface area contributed by atoms with Gasteiger partial charge in [-0.2, -0.15) is 4.31 Å². The molecule has 2 N–H and O–H groups in total. The molecule has 2 unspecified atom stereocenters. The molecule has 0 saturated carbocycles. The number of rotatable bonds is 6. The predicted octanol–water partition coefficient (Wildman–Crippen LogP) is 1.16. The van der Waals surface area contributed by atoms with Gasteiger partial charge in [-0.15, -0.1) is 11.3 Å². The molecule has 1 aromatic heterocycles. The van der Waals surface area contributed by atoms with Crippen LogP contribution in [0.3, 0.4) is 0 Å². The maximum absolute atomic E-state index is 12.5. The summed E-state index contributed by atoms with van der Waals surface area (Å²) in [5, 5.41) is 6.27. The van der Waals surface area contributed by atoms with E-state index >= 15 is 0 Å². The van der Waals surface area contributed by atoms with Gasteiger partial charge in [0.2, 0.25) is 10.0 Å². The van der Waals surface area contributed by atoms with Crippen LogP contribution in [-0.4, -0.2) is 63.3 Å². The summed E-state index contributed by atoms with van der Waals surface area (Å²) in [4.78, 5) is 6.61. The second-order valence-electron chi connectivity index (χ2n) is 6.26. The highest BCUT2D eigenvalue weighted by Crippen LogP contribution is 2.15. The molecule has 0 aromatic carbocycles. The lowest BCUT2D eigenvalue weighted by Crippen LogP contribution is -2.50. The van der Waals surface area contributed by atoms with Gasteiger partial charge in [0.05, 0.1) is 24.5 Å². The van der Waals surface area contributed by atoms with E-state index in [9.17, 15) is 8.42 Å². The normalized spacial score (nSPS) is 22.8. The molecular weight excluding hydrogens is 360 g/mol. The minimum atomic E-state index is -3.31. The number of thiophene rings is 1. The number of aryl methyl sites for hydroxylation is 1. The molecule has 0 radical (unpaired) electrons. The van der Waals surface area contributed by atoms with Crippen LogP contribution in [0.5, 0.6) is 0 Å². The number of nitrogens with one attached hydrogen (secondary N) is 2. The average Bonchev–Trinajstić information content (AvgIpc) is 2.95. The average molecular weight is 389 g/mol. The molecule has 2 atom stereocenters. The van der Waals surface area contributed by atoms with Crippen LogP contribution < -0.4 is 10.6 Å². The number of aliphatic imine (C=N–C) groups is 1. The highest BCUT2D eigenvalue weighted by Gasteiger charge is 2.30. The van der Waals surface area contributed by atoms with Gasteiger partial charge in [-0.25, -0.2) is 8.42 Å². The molecule has 0 bridgehead atoms. The Labute approximate surface area is 154 Å². The lowest BCUT2D eigenvalue weighted by atomic mass is 10.3. The Hall–Kier alpha value is -1.16. The fraction of sp³-hybridized carbons (Fsp3) is 0.688. The van der Waals surface area contributed by atoms with E-state index in [1.807, 2.05) is 13.8 Å². The first kappa shape index (κ1) is 20.2. The molecule has 1 fully saturated rings. The van der Waals surface area contributed by atoms with E-state index in [0.717, 1.165) is 0 Å². The van der Waals surface area contributed by atoms with E-state index in [4.69, 9.17) is 4.74 Å². The smallest absolute Gasteiger partial charge is 0.216 e. The fourth-order valence-electron chi connectivity index (χ4n) is 2.76. The number of hydrogen-bond acceptors (Lipinski definition) is 5. The van der Waals surface area contributed by atoms with Crippen molar-refractivity contribution in [3.63, 3.8) is 0 Å². The zero-order chi connectivity index (χ0) is 18.4. The van der Waals surface area contributed by atoms with Crippen molar-refractivity contribution in [1.82, 2.24) is 14.9 Å². The van der Waals surface area contributed by atoms with Crippen molar-refractivity contribution < 1.29 is 13.2 Å². The van der Waals surface area contributed by atoms with Crippen molar-refractivity contribution in [1.29, 1.82) is 0 Å². The Balaban J connectivity index is 1.79. The predicted molar refractivity (Wildman–Crippen MR) is 103 cm³/mol. The van der Waals surface area contributed by atoms with Gasteiger partial charge in [-0.05, 0) is 32.9 Å². The van der Waals surface area contributed by atoms with Crippen LogP contribution in [0.15, 0.2) is 17.1 Å². The third-order valence-corrected chi connectivity index (χ3v) is 6.69. The molecule has 0 spiro atoms. The summed E-state index contributed by atoms with van der Waals surface area (Å²) in [6.45, 7) is 7.67. The molecule has 0 amide bonds. The Kier molecular flexibility index (Phi) is 7.24. The molecule has 9 heteroatoms. The number of morpholine rings is 1. The SMILES string of the molecule is CN=C(NCCS(=O)(=O)N1CC(C)OC(C)C1)NCc1ccc(C)s1. The highest BCUT2D eigenvalue weighted by molar-refractivity contribution is 7.89. The van der Waals surface area contributed by atoms with E-state index in [-0.39, 0.29) is 18.0 Å². The molecule has 1 aromatic rings. The largest absolute Gasteiger partial charge is 0.373 e. The Morgan fingerprint density at radius 3 is 2.56 bits per heavy atom. The first-order valence-electron chi connectivity index (χ1n) is 8.43. The summed E-state index contributed by atoms with van der Waals surface area (Å²) in [5.41, 5.74) is 0. The van der Waals surface area contributed by atoms with Crippen molar-refractivity contribution in [2.45, 2.75) is 39.5 Å². The second kappa shape index (κ2) is 8.98. The van der Waals surface area contributed by atoms with Crippen LogP contribution in [0.2, 0.25) is 0 Å². The van der Waals surface area contributed by atoms with Gasteiger partial charge in [0, 0.05) is 36.4 Å². The highest BCUT2D eigenvalue weighted by atomic mass is 32.2. The summed E-state index contributed by atoms with van der Waals surface area (Å²) in [6, 6.07) is 4.15. The summed E-state index contributed by atoms with van der Waals surface area (Å²) in [7, 11) is -1.63. The van der Waals surface area contributed by atoms with Crippen LogP contribution in [0.25, 0.3) is 0 Å². The van der Waals surface area contributed by atoms with Crippen LogP contribution >= 0.6 is 11.3 Å². The lowest BCUT2D eigenvalue weighted by Gasteiger charge is -2.34. The maximum atomic E-state index is 12.5. The first-order valence-corrected chi connectivity index (χ1v) is 10.9. The minimum Gasteiger partial charge on any atom is -0.373 e. The van der Waals surface area contributed by atoms with Gasteiger partial charge in [-0.1, -0.05) is 0 Å². The van der Waals surface area contributed by atoms with Crippen LogP contribution in [0, 0.1) is 6.92 Å². The molecule has 25 heavy (non-hydrogen) atoms. The van der Waals surface area contributed by atoms with Crippen molar-refractivity contribution in [2.75, 3.05) is 32.4 Å². The van der Waals surface area contributed by atoms with Gasteiger partial charge >= 0.3 is 0 Å². The number of ether oxygens (including phenoxy) is 1. The monoisotopic (exact) mass is 388 g/mol. The minimum absolute atomic E-state index is 0.0330. The van der Waals surface area contributed by atoms with Crippen LogP contribution in [-0.2, 0) is 21.3 Å². The summed E-state index contributed by atoms with van der Waals surface area (Å²) in [6.07, 6.45) is -0.148. The summed E-state index contributed by atoms with van der Waals surface area (Å²) >= 11 is 1.73. The molecule has 2 heterocycles. The number of hydrogen-bond donors (Lipinski definition) is 2. The quantitative estimate of drug-likeness (QED) is 0.564. The molecule has 1 aliphatic rings. The zero-order valence-corrected chi connectivity index (χ0v) is 16.9. The van der Waals surface area contributed by atoms with Crippen molar-refractivity contribution >= 4 is 27.3 Å². The van der Waals surface area contributed by atoms with E-state index in [2.05, 4.69) is 34.7 Å². The molecule has 2 rings (SSSR count). The van der Waals surface area contributed by atoms with Crippen molar-refractivity contribution in [3.05, 3.63) is 21.9 Å². The Morgan fingerprint density at radius 1 is 1.32 bits per heavy atom. The number of guanidine groups is 1. The number of sulfonamides is 1. The van der Waals surface area contributed by atoms with Gasteiger partial charge in [0.1, 0.15) is 0 Å². The molecule has 1 aliphatic heterocycles. The molecular formula is C16H28N4O3S2. The molecule has 7 nitrogen and oxygen atoms in total. The second-order valence-corrected chi connectivity index (χ2v) is 9.72. The standard InChI is InChI=1S/C16H28N4O3S2/c1-12-10-20(11-13(2)23-12)25(21,22)8-7-18-16(17-4)19-9-15-6-5-14(3)24-15/h5-6,12-13H,7-11H2,1-4H3,(H2,17,18,19). The summed E-state index contributed by atoms with van der Waals surface area (Å²) < 4.78 is 32.1. The lowest BCUT2D eigenvalue weighted by molar-refractivity contribution is -0.0440. The van der Waals surface area contributed by atoms with E-state index in [1.54, 1.807) is 18.4 Å². The molecule has 0 aliphatic carbocycles. The van der Waals surface area contributed by atoms with Gasteiger partial charge in [0.15, 0.2) is 5.96 Å².